The third kappa shape index (κ3) is 4.79. The van der Waals surface area contributed by atoms with Crippen molar-refractivity contribution in [2.75, 3.05) is 18.4 Å². The van der Waals surface area contributed by atoms with Crippen molar-refractivity contribution in [3.63, 3.8) is 0 Å². The first-order valence-corrected chi connectivity index (χ1v) is 10.1. The molecule has 3 aromatic carbocycles. The Morgan fingerprint density at radius 2 is 1.46 bits per heavy atom. The number of nitrogens with one attached hydrogen (secondary N) is 1. The summed E-state index contributed by atoms with van der Waals surface area (Å²) in [6.45, 7) is 3.00. The van der Waals surface area contributed by atoms with Gasteiger partial charge >= 0.3 is 0 Å². The molecule has 2 atom stereocenters. The second-order valence-corrected chi connectivity index (χ2v) is 7.69. The maximum absolute atomic E-state index is 14.2. The van der Waals surface area contributed by atoms with Crippen LogP contribution in [0.2, 0.25) is 0 Å². The fourth-order valence-corrected chi connectivity index (χ4v) is 4.18. The van der Waals surface area contributed by atoms with E-state index in [-0.39, 0.29) is 11.9 Å². The molecule has 1 saturated heterocycles. The van der Waals surface area contributed by atoms with Crippen LogP contribution in [0.3, 0.4) is 0 Å². The molecule has 1 aliphatic heterocycles. The van der Waals surface area contributed by atoms with Crippen LogP contribution in [0, 0.1) is 11.7 Å². The van der Waals surface area contributed by atoms with E-state index in [9.17, 15) is 4.39 Å². The summed E-state index contributed by atoms with van der Waals surface area (Å²) in [5, 5.41) is 3.50. The molecule has 3 aromatic rings. The van der Waals surface area contributed by atoms with Crippen molar-refractivity contribution in [1.29, 1.82) is 0 Å². The van der Waals surface area contributed by atoms with Gasteiger partial charge in [-0.25, -0.2) is 4.39 Å². The highest BCUT2D eigenvalue weighted by molar-refractivity contribution is 5.45. The van der Waals surface area contributed by atoms with Crippen LogP contribution in [0.25, 0.3) is 0 Å². The Balaban J connectivity index is 1.49. The molecule has 28 heavy (non-hydrogen) atoms. The summed E-state index contributed by atoms with van der Waals surface area (Å²) in [4.78, 5) is 2.53. The van der Waals surface area contributed by atoms with Crippen LogP contribution < -0.4 is 5.32 Å². The normalized spacial score (nSPS) is 20.0. The van der Waals surface area contributed by atoms with E-state index in [1.54, 1.807) is 6.07 Å². The Labute approximate surface area is 167 Å². The molecule has 2 nitrogen and oxygen atoms in total. The fourth-order valence-electron chi connectivity index (χ4n) is 4.18. The summed E-state index contributed by atoms with van der Waals surface area (Å²) in [5.41, 5.74) is 3.30. The Hall–Kier alpha value is -2.65. The van der Waals surface area contributed by atoms with Crippen LogP contribution in [0.4, 0.5) is 10.1 Å². The third-order valence-electron chi connectivity index (χ3n) is 5.62. The van der Waals surface area contributed by atoms with Gasteiger partial charge in [0, 0.05) is 25.7 Å². The van der Waals surface area contributed by atoms with Gasteiger partial charge in [0.05, 0.1) is 5.69 Å². The van der Waals surface area contributed by atoms with E-state index in [1.807, 2.05) is 12.1 Å². The van der Waals surface area contributed by atoms with Gasteiger partial charge in [0.1, 0.15) is 5.82 Å². The number of para-hydroxylation sites is 1. The van der Waals surface area contributed by atoms with Gasteiger partial charge in [-0.15, -0.1) is 0 Å². The number of rotatable bonds is 6. The first kappa shape index (κ1) is 18.7. The van der Waals surface area contributed by atoms with Gasteiger partial charge in [0.25, 0.3) is 0 Å². The summed E-state index contributed by atoms with van der Waals surface area (Å²) in [6.07, 6.45) is 2.01. The van der Waals surface area contributed by atoms with Crippen molar-refractivity contribution in [2.45, 2.75) is 25.4 Å². The SMILES string of the molecule is Fc1ccccc1N[C@@H]1CCN(Cc2ccccc2)C[C@@H]1Cc1ccccc1. The molecule has 0 aromatic heterocycles. The monoisotopic (exact) mass is 374 g/mol. The molecule has 1 fully saturated rings. The summed E-state index contributed by atoms with van der Waals surface area (Å²) in [6, 6.07) is 28.5. The highest BCUT2D eigenvalue weighted by Gasteiger charge is 2.29. The zero-order valence-corrected chi connectivity index (χ0v) is 16.1. The van der Waals surface area contributed by atoms with Crippen LogP contribution >= 0.6 is 0 Å². The molecule has 0 bridgehead atoms. The van der Waals surface area contributed by atoms with Crippen molar-refractivity contribution in [2.24, 2.45) is 5.92 Å². The van der Waals surface area contributed by atoms with Crippen molar-refractivity contribution in [3.05, 3.63) is 102 Å². The highest BCUT2D eigenvalue weighted by atomic mass is 19.1. The van der Waals surface area contributed by atoms with E-state index in [4.69, 9.17) is 0 Å². The molecule has 0 saturated carbocycles. The lowest BCUT2D eigenvalue weighted by Gasteiger charge is -2.39. The summed E-state index contributed by atoms with van der Waals surface area (Å²) < 4.78 is 14.2. The molecule has 0 spiro atoms. The lowest BCUT2D eigenvalue weighted by molar-refractivity contribution is 0.154. The lowest BCUT2D eigenvalue weighted by Crippen LogP contribution is -2.47. The molecule has 0 amide bonds. The number of halogens is 1. The van der Waals surface area contributed by atoms with Crippen LogP contribution in [0.15, 0.2) is 84.9 Å². The first-order valence-electron chi connectivity index (χ1n) is 10.1. The average molecular weight is 375 g/mol. The third-order valence-corrected chi connectivity index (χ3v) is 5.62. The molecule has 0 radical (unpaired) electrons. The molecule has 1 aliphatic rings. The minimum Gasteiger partial charge on any atom is -0.380 e. The van der Waals surface area contributed by atoms with Gasteiger partial charge in [0.2, 0.25) is 0 Å². The fraction of sp³-hybridized carbons (Fsp3) is 0.280. The maximum Gasteiger partial charge on any atom is 0.146 e. The van der Waals surface area contributed by atoms with Gasteiger partial charge in [0.15, 0.2) is 0 Å². The van der Waals surface area contributed by atoms with Crippen molar-refractivity contribution >= 4 is 5.69 Å². The van der Waals surface area contributed by atoms with E-state index in [2.05, 4.69) is 70.9 Å². The van der Waals surface area contributed by atoms with E-state index < -0.39 is 0 Å². The predicted octanol–water partition coefficient (Wildman–Crippen LogP) is 5.37. The maximum atomic E-state index is 14.2. The number of hydrogen-bond donors (Lipinski definition) is 1. The highest BCUT2D eigenvalue weighted by Crippen LogP contribution is 2.27. The Bertz CT molecular complexity index is 866. The lowest BCUT2D eigenvalue weighted by atomic mass is 9.86. The molecule has 0 aliphatic carbocycles. The molecular weight excluding hydrogens is 347 g/mol. The topological polar surface area (TPSA) is 15.3 Å². The van der Waals surface area contributed by atoms with Crippen LogP contribution in [0.1, 0.15) is 17.5 Å². The minimum atomic E-state index is -0.173. The van der Waals surface area contributed by atoms with Crippen molar-refractivity contribution in [3.8, 4) is 0 Å². The minimum absolute atomic E-state index is 0.173. The van der Waals surface area contributed by atoms with Gasteiger partial charge in [-0.05, 0) is 42.0 Å². The standard InChI is InChI=1S/C25H27FN2/c26-23-13-7-8-14-25(23)27-24-15-16-28(18-21-11-5-2-6-12-21)19-22(24)17-20-9-3-1-4-10-20/h1-14,22,24,27H,15-19H2/t22-,24+/m0/s1. The predicted molar refractivity (Wildman–Crippen MR) is 114 cm³/mol. The Morgan fingerprint density at radius 1 is 0.821 bits per heavy atom. The van der Waals surface area contributed by atoms with Crippen LogP contribution in [0.5, 0.6) is 0 Å². The van der Waals surface area contributed by atoms with Gasteiger partial charge in [-0.2, -0.15) is 0 Å². The quantitative estimate of drug-likeness (QED) is 0.624. The Morgan fingerprint density at radius 3 is 2.18 bits per heavy atom. The molecule has 144 valence electrons. The second-order valence-electron chi connectivity index (χ2n) is 7.69. The number of hydrogen-bond acceptors (Lipinski definition) is 2. The van der Waals surface area contributed by atoms with Gasteiger partial charge < -0.3 is 5.32 Å². The van der Waals surface area contributed by atoms with E-state index in [1.165, 1.54) is 17.2 Å². The van der Waals surface area contributed by atoms with Crippen LogP contribution in [-0.2, 0) is 13.0 Å². The summed E-state index contributed by atoms with van der Waals surface area (Å²) in [7, 11) is 0. The van der Waals surface area contributed by atoms with E-state index >= 15 is 0 Å². The number of likely N-dealkylation sites (tertiary alicyclic amines) is 1. The number of nitrogens with zero attached hydrogens (tertiary/aromatic N) is 1. The average Bonchev–Trinajstić information content (AvgIpc) is 2.73. The number of anilines is 1. The van der Waals surface area contributed by atoms with Crippen molar-refractivity contribution < 1.29 is 4.39 Å². The van der Waals surface area contributed by atoms with Crippen LogP contribution in [-0.4, -0.2) is 24.0 Å². The number of piperidine rings is 1. The molecular formula is C25H27FN2. The van der Waals surface area contributed by atoms with E-state index in [0.29, 0.717) is 11.6 Å². The molecule has 0 unspecified atom stereocenters. The largest absolute Gasteiger partial charge is 0.380 e. The zero-order valence-electron chi connectivity index (χ0n) is 16.1. The zero-order chi connectivity index (χ0) is 19.2. The number of benzene rings is 3. The first-order chi connectivity index (χ1) is 13.8. The van der Waals surface area contributed by atoms with Gasteiger partial charge in [-0.1, -0.05) is 72.8 Å². The smallest absolute Gasteiger partial charge is 0.146 e. The van der Waals surface area contributed by atoms with Gasteiger partial charge in [-0.3, -0.25) is 4.90 Å². The molecule has 1 N–H and O–H groups in total. The Kier molecular flexibility index (Phi) is 6.03. The van der Waals surface area contributed by atoms with Crippen molar-refractivity contribution in [1.82, 2.24) is 4.90 Å². The molecule has 1 heterocycles. The molecule has 3 heteroatoms. The second kappa shape index (κ2) is 9.03. The summed E-state index contributed by atoms with van der Waals surface area (Å²) >= 11 is 0. The summed E-state index contributed by atoms with van der Waals surface area (Å²) in [5.74, 6) is 0.257. The van der Waals surface area contributed by atoms with E-state index in [0.717, 1.165) is 32.5 Å². The molecule has 4 rings (SSSR count).